The molecule has 1 N–H and O–H groups in total. The molecule has 1 unspecified atom stereocenters. The lowest BCUT2D eigenvalue weighted by molar-refractivity contribution is -0.160. The van der Waals surface area contributed by atoms with E-state index in [0.29, 0.717) is 31.2 Å². The molecule has 0 spiro atoms. The van der Waals surface area contributed by atoms with E-state index >= 15 is 0 Å². The van der Waals surface area contributed by atoms with Gasteiger partial charge >= 0.3 is 5.97 Å². The van der Waals surface area contributed by atoms with E-state index in [9.17, 15) is 9.59 Å². The zero-order valence-electron chi connectivity index (χ0n) is 13.1. The van der Waals surface area contributed by atoms with Crippen LogP contribution in [0.25, 0.3) is 0 Å². The van der Waals surface area contributed by atoms with E-state index in [4.69, 9.17) is 19.3 Å². The molecule has 0 radical (unpaired) electrons. The number of methoxy groups -OCH3 is 1. The summed E-state index contributed by atoms with van der Waals surface area (Å²) < 4.78 is 15.6. The summed E-state index contributed by atoms with van der Waals surface area (Å²) in [6.45, 7) is 2.84. The van der Waals surface area contributed by atoms with Crippen LogP contribution in [0.15, 0.2) is 18.3 Å². The maximum absolute atomic E-state index is 12.6. The van der Waals surface area contributed by atoms with Gasteiger partial charge in [0.25, 0.3) is 5.91 Å². The Morgan fingerprint density at radius 2 is 2.22 bits per heavy atom. The molecule has 0 aromatic carbocycles. The number of amides is 1. The van der Waals surface area contributed by atoms with Gasteiger partial charge in [-0.3, -0.25) is 4.79 Å². The van der Waals surface area contributed by atoms with Crippen molar-refractivity contribution in [3.05, 3.63) is 23.9 Å². The Balaban J connectivity index is 2.07. The lowest BCUT2D eigenvalue weighted by Gasteiger charge is -2.35. The minimum absolute atomic E-state index is 0.0146. The lowest BCUT2D eigenvalue weighted by Crippen LogP contribution is -2.51. The van der Waals surface area contributed by atoms with Gasteiger partial charge in [0.2, 0.25) is 5.88 Å². The van der Waals surface area contributed by atoms with Crippen molar-refractivity contribution in [2.75, 3.05) is 33.4 Å². The number of carbonyl (C=O) groups is 2. The van der Waals surface area contributed by atoms with E-state index in [2.05, 4.69) is 4.98 Å². The Hall–Kier alpha value is -2.19. The molecule has 1 aromatic heterocycles. The van der Waals surface area contributed by atoms with Crippen LogP contribution in [0.5, 0.6) is 5.88 Å². The SMILES string of the molecule is COCCOc1cc(C(=O)N2CC(C(=O)O)O[C@H](C)C2)ccn1. The largest absolute Gasteiger partial charge is 0.479 e. The minimum Gasteiger partial charge on any atom is -0.479 e. The summed E-state index contributed by atoms with van der Waals surface area (Å²) in [4.78, 5) is 29.2. The molecule has 0 bridgehead atoms. The maximum atomic E-state index is 12.6. The second-order valence-electron chi connectivity index (χ2n) is 5.21. The van der Waals surface area contributed by atoms with Crippen molar-refractivity contribution in [3.8, 4) is 5.88 Å². The van der Waals surface area contributed by atoms with Crippen molar-refractivity contribution in [3.63, 3.8) is 0 Å². The summed E-state index contributed by atoms with van der Waals surface area (Å²) in [6, 6.07) is 3.11. The molecule has 126 valence electrons. The number of hydrogen-bond acceptors (Lipinski definition) is 6. The van der Waals surface area contributed by atoms with Crippen LogP contribution in [0.3, 0.4) is 0 Å². The van der Waals surface area contributed by atoms with Crippen LogP contribution in [-0.2, 0) is 14.3 Å². The van der Waals surface area contributed by atoms with Gasteiger partial charge in [0.15, 0.2) is 6.10 Å². The summed E-state index contributed by atoms with van der Waals surface area (Å²) in [5, 5.41) is 9.09. The number of pyridine rings is 1. The maximum Gasteiger partial charge on any atom is 0.334 e. The summed E-state index contributed by atoms with van der Waals surface area (Å²) in [5.41, 5.74) is 0.394. The second-order valence-corrected chi connectivity index (χ2v) is 5.21. The number of carboxylic acid groups (broad SMARTS) is 1. The summed E-state index contributed by atoms with van der Waals surface area (Å²) in [6.07, 6.45) is 0.128. The lowest BCUT2D eigenvalue weighted by atomic mass is 10.1. The molecule has 1 fully saturated rings. The number of ether oxygens (including phenoxy) is 3. The first-order valence-corrected chi connectivity index (χ1v) is 7.26. The summed E-state index contributed by atoms with van der Waals surface area (Å²) >= 11 is 0. The highest BCUT2D eigenvalue weighted by Gasteiger charge is 2.33. The predicted molar refractivity (Wildman–Crippen MR) is 79.5 cm³/mol. The van der Waals surface area contributed by atoms with Gasteiger partial charge in [-0.15, -0.1) is 0 Å². The van der Waals surface area contributed by atoms with Crippen LogP contribution in [0.4, 0.5) is 0 Å². The summed E-state index contributed by atoms with van der Waals surface area (Å²) in [5.74, 6) is -1.03. The van der Waals surface area contributed by atoms with Gasteiger partial charge < -0.3 is 24.2 Å². The topological polar surface area (TPSA) is 98.2 Å². The zero-order valence-corrected chi connectivity index (χ0v) is 13.1. The van der Waals surface area contributed by atoms with Crippen LogP contribution in [-0.4, -0.2) is 72.5 Å². The van der Waals surface area contributed by atoms with Crippen LogP contribution in [0.2, 0.25) is 0 Å². The monoisotopic (exact) mass is 324 g/mol. The van der Waals surface area contributed by atoms with Crippen molar-refractivity contribution < 1.29 is 28.9 Å². The highest BCUT2D eigenvalue weighted by atomic mass is 16.5. The van der Waals surface area contributed by atoms with E-state index < -0.39 is 12.1 Å². The van der Waals surface area contributed by atoms with Crippen LogP contribution in [0, 0.1) is 0 Å². The smallest absolute Gasteiger partial charge is 0.334 e. The highest BCUT2D eigenvalue weighted by molar-refractivity contribution is 5.94. The Morgan fingerprint density at radius 1 is 1.43 bits per heavy atom. The molecule has 1 aliphatic heterocycles. The van der Waals surface area contributed by atoms with Crippen molar-refractivity contribution >= 4 is 11.9 Å². The number of carboxylic acids is 1. The first kappa shape index (κ1) is 17.2. The average molecular weight is 324 g/mol. The van der Waals surface area contributed by atoms with E-state index in [1.165, 1.54) is 17.2 Å². The van der Waals surface area contributed by atoms with E-state index in [-0.39, 0.29) is 18.6 Å². The number of nitrogens with zero attached hydrogens (tertiary/aromatic N) is 2. The van der Waals surface area contributed by atoms with Gasteiger partial charge in [-0.05, 0) is 13.0 Å². The molecule has 2 atom stereocenters. The molecule has 8 heteroatoms. The van der Waals surface area contributed by atoms with Crippen LogP contribution in [0.1, 0.15) is 17.3 Å². The fourth-order valence-corrected chi connectivity index (χ4v) is 2.29. The number of aliphatic carboxylic acids is 1. The van der Waals surface area contributed by atoms with Gasteiger partial charge in [-0.1, -0.05) is 0 Å². The van der Waals surface area contributed by atoms with Crippen molar-refractivity contribution in [2.45, 2.75) is 19.1 Å². The van der Waals surface area contributed by atoms with Crippen LogP contribution >= 0.6 is 0 Å². The standard InChI is InChI=1S/C15H20N2O6/c1-10-8-17(9-12(23-10)15(19)20)14(18)11-3-4-16-13(7-11)22-6-5-21-2/h3-4,7,10,12H,5-6,8-9H2,1-2H3,(H,19,20)/t10-,12?/m1/s1. The third kappa shape index (κ3) is 4.64. The third-order valence-corrected chi connectivity index (χ3v) is 3.34. The molecule has 1 aromatic rings. The van der Waals surface area contributed by atoms with Crippen molar-refractivity contribution in [1.29, 1.82) is 0 Å². The van der Waals surface area contributed by atoms with Crippen molar-refractivity contribution in [2.24, 2.45) is 0 Å². The molecule has 0 aliphatic carbocycles. The molecule has 2 rings (SSSR count). The highest BCUT2D eigenvalue weighted by Crippen LogP contribution is 2.17. The molecule has 23 heavy (non-hydrogen) atoms. The van der Waals surface area contributed by atoms with Gasteiger partial charge in [0.05, 0.1) is 19.3 Å². The molecule has 0 saturated carbocycles. The molecule has 1 aliphatic rings. The number of carbonyl (C=O) groups excluding carboxylic acids is 1. The molecule has 1 saturated heterocycles. The molecule has 8 nitrogen and oxygen atoms in total. The van der Waals surface area contributed by atoms with Gasteiger partial charge in [-0.2, -0.15) is 0 Å². The van der Waals surface area contributed by atoms with Crippen molar-refractivity contribution in [1.82, 2.24) is 9.88 Å². The average Bonchev–Trinajstić information content (AvgIpc) is 2.54. The number of aromatic nitrogens is 1. The molecule has 2 heterocycles. The molecule has 1 amide bonds. The van der Waals surface area contributed by atoms with Gasteiger partial charge in [0.1, 0.15) is 6.61 Å². The van der Waals surface area contributed by atoms with E-state index in [0.717, 1.165) is 0 Å². The fraction of sp³-hybridized carbons (Fsp3) is 0.533. The molecular formula is C15H20N2O6. The van der Waals surface area contributed by atoms with Gasteiger partial charge in [0, 0.05) is 31.5 Å². The van der Waals surface area contributed by atoms with Gasteiger partial charge in [-0.25, -0.2) is 9.78 Å². The Morgan fingerprint density at radius 3 is 2.91 bits per heavy atom. The quantitative estimate of drug-likeness (QED) is 0.757. The van der Waals surface area contributed by atoms with E-state index in [1.54, 1.807) is 20.1 Å². The Bertz CT molecular complexity index is 565. The van der Waals surface area contributed by atoms with Crippen LogP contribution < -0.4 is 4.74 Å². The first-order valence-electron chi connectivity index (χ1n) is 7.26. The second kappa shape index (κ2) is 7.89. The normalized spacial score (nSPS) is 21.0. The van der Waals surface area contributed by atoms with E-state index in [1.807, 2.05) is 0 Å². The number of hydrogen-bond donors (Lipinski definition) is 1. The first-order chi connectivity index (χ1) is 11.0. The summed E-state index contributed by atoms with van der Waals surface area (Å²) in [7, 11) is 1.56. The Labute approximate surface area is 134 Å². The number of morpholine rings is 1. The molecular weight excluding hydrogens is 304 g/mol. The minimum atomic E-state index is -1.08. The third-order valence-electron chi connectivity index (χ3n) is 3.34. The number of rotatable bonds is 6. The fourth-order valence-electron chi connectivity index (χ4n) is 2.29. The Kier molecular flexibility index (Phi) is 5.89. The zero-order chi connectivity index (χ0) is 16.8. The predicted octanol–water partition coefficient (Wildman–Crippen LogP) is 0.421.